The highest BCUT2D eigenvalue weighted by Crippen LogP contribution is 2.37. The Morgan fingerprint density at radius 2 is 1.93 bits per heavy atom. The average Bonchev–Trinajstić information content (AvgIpc) is 3.23. The first-order chi connectivity index (χ1) is 13.5. The van der Waals surface area contributed by atoms with Crippen molar-refractivity contribution in [3.63, 3.8) is 0 Å². The summed E-state index contributed by atoms with van der Waals surface area (Å²) in [5.41, 5.74) is 0.518. The number of carbonyl (C=O) groups is 1. The molecule has 0 aliphatic carbocycles. The predicted octanol–water partition coefficient (Wildman–Crippen LogP) is 4.00. The van der Waals surface area contributed by atoms with E-state index < -0.39 is 0 Å². The summed E-state index contributed by atoms with van der Waals surface area (Å²) >= 11 is 6.41. The Morgan fingerprint density at radius 3 is 2.54 bits per heavy atom. The monoisotopic (exact) mass is 411 g/mol. The van der Waals surface area contributed by atoms with Gasteiger partial charge >= 0.3 is 0 Å². The largest absolute Gasteiger partial charge is 0.493 e. The Bertz CT molecular complexity index is 667. The Morgan fingerprint density at radius 1 is 1.25 bits per heavy atom. The van der Waals surface area contributed by atoms with E-state index in [1.165, 1.54) is 0 Å². The molecule has 0 atom stereocenters. The zero-order valence-corrected chi connectivity index (χ0v) is 17.7. The van der Waals surface area contributed by atoms with Crippen LogP contribution in [0.1, 0.15) is 43.5 Å². The van der Waals surface area contributed by atoms with Crippen LogP contribution in [0.2, 0.25) is 5.02 Å². The topological polar surface area (TPSA) is 57.2 Å². The summed E-state index contributed by atoms with van der Waals surface area (Å²) in [5, 5.41) is 0.397. The number of likely N-dealkylation sites (tertiary alicyclic amines) is 1. The first-order valence-corrected chi connectivity index (χ1v) is 10.4. The second-order valence-corrected chi connectivity index (χ2v) is 8.17. The Balaban J connectivity index is 1.64. The van der Waals surface area contributed by atoms with E-state index in [0.29, 0.717) is 66.8 Å². The van der Waals surface area contributed by atoms with Gasteiger partial charge in [0.2, 0.25) is 0 Å². The maximum atomic E-state index is 13.0. The summed E-state index contributed by atoms with van der Waals surface area (Å²) < 4.78 is 22.5. The zero-order chi connectivity index (χ0) is 20.1. The van der Waals surface area contributed by atoms with E-state index in [9.17, 15) is 4.79 Å². The molecule has 3 rings (SSSR count). The number of methoxy groups -OCH3 is 1. The highest BCUT2D eigenvalue weighted by atomic mass is 35.5. The molecular formula is C21H30ClNO5. The van der Waals surface area contributed by atoms with Crippen molar-refractivity contribution >= 4 is 17.5 Å². The molecule has 2 aliphatic rings. The van der Waals surface area contributed by atoms with Crippen LogP contribution < -0.4 is 9.47 Å². The normalized spacial score (nSPS) is 18.7. The van der Waals surface area contributed by atoms with Gasteiger partial charge in [0.15, 0.2) is 17.8 Å². The van der Waals surface area contributed by atoms with Crippen molar-refractivity contribution in [1.29, 1.82) is 0 Å². The molecule has 0 N–H and O–H groups in total. The number of rotatable bonds is 7. The van der Waals surface area contributed by atoms with Crippen molar-refractivity contribution in [2.75, 3.05) is 40.0 Å². The SMILES string of the molecule is COc1cc(C(=O)N2CCC(C3OCCO3)CC2)cc(Cl)c1OCCC(C)C. The number of nitrogens with zero attached hydrogens (tertiary/aromatic N) is 1. The Kier molecular flexibility index (Phi) is 7.43. The highest BCUT2D eigenvalue weighted by Gasteiger charge is 2.32. The molecule has 0 spiro atoms. The van der Waals surface area contributed by atoms with Crippen LogP contribution in [0.5, 0.6) is 11.5 Å². The van der Waals surface area contributed by atoms with Gasteiger partial charge < -0.3 is 23.8 Å². The molecule has 1 aromatic rings. The quantitative estimate of drug-likeness (QED) is 0.678. The maximum absolute atomic E-state index is 13.0. The lowest BCUT2D eigenvalue weighted by atomic mass is 9.95. The zero-order valence-electron chi connectivity index (χ0n) is 16.9. The highest BCUT2D eigenvalue weighted by molar-refractivity contribution is 6.32. The van der Waals surface area contributed by atoms with Crippen LogP contribution in [0, 0.1) is 11.8 Å². The molecule has 0 bridgehead atoms. The molecule has 2 fully saturated rings. The number of piperidine rings is 1. The van der Waals surface area contributed by atoms with Crippen LogP contribution in [-0.2, 0) is 9.47 Å². The van der Waals surface area contributed by atoms with Crippen molar-refractivity contribution in [3.05, 3.63) is 22.7 Å². The second kappa shape index (κ2) is 9.81. The standard InChI is InChI=1S/C21H30ClNO5/c1-14(2)6-9-26-19-17(22)12-16(13-18(19)25-3)20(24)23-7-4-15(5-8-23)21-27-10-11-28-21/h12-15,21H,4-11H2,1-3H3. The van der Waals surface area contributed by atoms with Crippen molar-refractivity contribution in [2.24, 2.45) is 11.8 Å². The van der Waals surface area contributed by atoms with E-state index in [-0.39, 0.29) is 12.2 Å². The van der Waals surface area contributed by atoms with E-state index in [1.807, 2.05) is 4.90 Å². The van der Waals surface area contributed by atoms with E-state index in [1.54, 1.807) is 19.2 Å². The lowest BCUT2D eigenvalue weighted by molar-refractivity contribution is -0.0956. The molecule has 7 heteroatoms. The van der Waals surface area contributed by atoms with Crippen LogP contribution in [0.3, 0.4) is 0 Å². The molecule has 156 valence electrons. The lowest BCUT2D eigenvalue weighted by Gasteiger charge is -2.34. The molecular weight excluding hydrogens is 382 g/mol. The van der Waals surface area contributed by atoms with E-state index in [0.717, 1.165) is 19.3 Å². The van der Waals surface area contributed by atoms with Gasteiger partial charge in [0.25, 0.3) is 5.91 Å². The summed E-state index contributed by atoms with van der Waals surface area (Å²) in [6.07, 6.45) is 2.55. The molecule has 1 aromatic carbocycles. The third-order valence-electron chi connectivity index (χ3n) is 5.28. The van der Waals surface area contributed by atoms with Gasteiger partial charge in [0.1, 0.15) is 0 Å². The number of hydrogen-bond donors (Lipinski definition) is 0. The molecule has 1 amide bonds. The third kappa shape index (κ3) is 5.10. The van der Waals surface area contributed by atoms with Gasteiger partial charge in [-0.25, -0.2) is 0 Å². The second-order valence-electron chi connectivity index (χ2n) is 7.76. The molecule has 0 radical (unpaired) electrons. The smallest absolute Gasteiger partial charge is 0.254 e. The Labute approximate surface area is 172 Å². The summed E-state index contributed by atoms with van der Waals surface area (Å²) in [5.74, 6) is 1.83. The number of amides is 1. The van der Waals surface area contributed by atoms with E-state index in [2.05, 4.69) is 13.8 Å². The maximum Gasteiger partial charge on any atom is 0.254 e. The van der Waals surface area contributed by atoms with Gasteiger partial charge in [0.05, 0.1) is 32.0 Å². The van der Waals surface area contributed by atoms with Crippen LogP contribution in [0.15, 0.2) is 12.1 Å². The lowest BCUT2D eigenvalue weighted by Crippen LogP contribution is -2.41. The molecule has 0 unspecified atom stereocenters. The fourth-order valence-electron chi connectivity index (χ4n) is 3.59. The van der Waals surface area contributed by atoms with E-state index in [4.69, 9.17) is 30.5 Å². The van der Waals surface area contributed by atoms with Crippen LogP contribution in [0.4, 0.5) is 0 Å². The van der Waals surface area contributed by atoms with Gasteiger partial charge in [-0.2, -0.15) is 0 Å². The summed E-state index contributed by atoms with van der Waals surface area (Å²) in [4.78, 5) is 14.8. The van der Waals surface area contributed by atoms with Gasteiger partial charge in [-0.3, -0.25) is 4.79 Å². The first-order valence-electron chi connectivity index (χ1n) is 10.0. The van der Waals surface area contributed by atoms with Gasteiger partial charge in [-0.1, -0.05) is 25.4 Å². The minimum atomic E-state index is -0.117. The van der Waals surface area contributed by atoms with Crippen LogP contribution in [0.25, 0.3) is 0 Å². The minimum absolute atomic E-state index is 0.0411. The molecule has 2 heterocycles. The van der Waals surface area contributed by atoms with Gasteiger partial charge in [-0.15, -0.1) is 0 Å². The van der Waals surface area contributed by atoms with Gasteiger partial charge in [0, 0.05) is 24.6 Å². The molecule has 2 saturated heterocycles. The first kappa shape index (κ1) is 21.2. The number of benzene rings is 1. The van der Waals surface area contributed by atoms with Crippen molar-refractivity contribution < 1.29 is 23.7 Å². The van der Waals surface area contributed by atoms with E-state index >= 15 is 0 Å². The molecule has 0 aromatic heterocycles. The number of ether oxygens (including phenoxy) is 4. The molecule has 0 saturated carbocycles. The summed E-state index contributed by atoms with van der Waals surface area (Å²) in [7, 11) is 1.56. The number of halogens is 1. The summed E-state index contributed by atoms with van der Waals surface area (Å²) in [6, 6.07) is 3.39. The van der Waals surface area contributed by atoms with Gasteiger partial charge in [-0.05, 0) is 37.3 Å². The van der Waals surface area contributed by atoms with Crippen molar-refractivity contribution in [1.82, 2.24) is 4.90 Å². The number of hydrogen-bond acceptors (Lipinski definition) is 5. The fraction of sp³-hybridized carbons (Fsp3) is 0.667. The predicted molar refractivity (Wildman–Crippen MR) is 107 cm³/mol. The van der Waals surface area contributed by atoms with Crippen LogP contribution >= 0.6 is 11.6 Å². The Hall–Kier alpha value is -1.50. The minimum Gasteiger partial charge on any atom is -0.493 e. The molecule has 2 aliphatic heterocycles. The fourth-order valence-corrected chi connectivity index (χ4v) is 3.85. The summed E-state index contributed by atoms with van der Waals surface area (Å²) in [6.45, 7) is 7.51. The average molecular weight is 412 g/mol. The molecule has 28 heavy (non-hydrogen) atoms. The van der Waals surface area contributed by atoms with Crippen molar-refractivity contribution in [2.45, 2.75) is 39.4 Å². The van der Waals surface area contributed by atoms with Crippen LogP contribution in [-0.4, -0.2) is 57.1 Å². The molecule has 6 nitrogen and oxygen atoms in total. The third-order valence-corrected chi connectivity index (χ3v) is 5.56. The number of carbonyl (C=O) groups excluding carboxylic acids is 1. The van der Waals surface area contributed by atoms with Crippen molar-refractivity contribution in [3.8, 4) is 11.5 Å².